The molecule has 0 bridgehead atoms. The second-order valence-electron chi connectivity index (χ2n) is 5.97. The summed E-state index contributed by atoms with van der Waals surface area (Å²) < 4.78 is 13.1. The molecule has 3 aromatic carbocycles. The number of carbonyl (C=O) groups is 1. The number of amides is 1. The minimum Gasteiger partial charge on any atom is -0.277 e. The van der Waals surface area contributed by atoms with Gasteiger partial charge in [0.1, 0.15) is 5.82 Å². The van der Waals surface area contributed by atoms with Gasteiger partial charge in [-0.05, 0) is 47.2 Å². The number of carbonyl (C=O) groups excluding carboxylic acids is 1. The fourth-order valence-electron chi connectivity index (χ4n) is 2.80. The van der Waals surface area contributed by atoms with E-state index in [2.05, 4.69) is 20.7 Å². The quantitative estimate of drug-likeness (QED) is 0.425. The van der Waals surface area contributed by atoms with Crippen molar-refractivity contribution in [3.05, 3.63) is 89.9 Å². The van der Waals surface area contributed by atoms with Crippen molar-refractivity contribution in [3.63, 3.8) is 0 Å². The average Bonchev–Trinajstić information content (AvgIpc) is 3.16. The highest BCUT2D eigenvalue weighted by Crippen LogP contribution is 2.20. The zero-order valence-electron chi connectivity index (χ0n) is 14.2. The van der Waals surface area contributed by atoms with Crippen LogP contribution < -0.4 is 5.43 Å². The van der Waals surface area contributed by atoms with Crippen LogP contribution in [0.2, 0.25) is 0 Å². The fraction of sp³-hybridized carbons (Fsp3) is 0. The second-order valence-corrected chi connectivity index (χ2v) is 5.97. The van der Waals surface area contributed by atoms with Crippen molar-refractivity contribution in [2.24, 2.45) is 5.10 Å². The van der Waals surface area contributed by atoms with Crippen molar-refractivity contribution in [2.75, 3.05) is 0 Å². The lowest BCUT2D eigenvalue weighted by Gasteiger charge is -2.03. The van der Waals surface area contributed by atoms with Crippen molar-refractivity contribution >= 4 is 22.9 Å². The summed E-state index contributed by atoms with van der Waals surface area (Å²) in [7, 11) is 0. The van der Waals surface area contributed by atoms with E-state index in [1.807, 2.05) is 36.4 Å². The predicted molar refractivity (Wildman–Crippen MR) is 103 cm³/mol. The standard InChI is InChI=1S/C21H15FN4O/c22-19-9-7-15(8-10-19)20-18(12-23-25-20)13-24-26-21(27)17-6-5-14-3-1-2-4-16(14)11-17/h1-13H,(H,23,25)(H,26,27)/b24-13+. The molecule has 0 aliphatic carbocycles. The van der Waals surface area contributed by atoms with E-state index in [1.165, 1.54) is 18.3 Å². The van der Waals surface area contributed by atoms with Crippen molar-refractivity contribution in [1.29, 1.82) is 0 Å². The molecule has 2 N–H and O–H groups in total. The first-order chi connectivity index (χ1) is 13.2. The van der Waals surface area contributed by atoms with Crippen LogP contribution in [0, 0.1) is 5.82 Å². The second kappa shape index (κ2) is 7.21. The summed E-state index contributed by atoms with van der Waals surface area (Å²) in [5.41, 5.74) is 5.19. The molecule has 0 atom stereocenters. The van der Waals surface area contributed by atoms with Crippen LogP contribution in [-0.4, -0.2) is 22.3 Å². The Morgan fingerprint density at radius 3 is 2.63 bits per heavy atom. The molecule has 0 spiro atoms. The molecule has 0 aliphatic rings. The van der Waals surface area contributed by atoms with Gasteiger partial charge >= 0.3 is 0 Å². The molecule has 6 heteroatoms. The largest absolute Gasteiger partial charge is 0.277 e. The van der Waals surface area contributed by atoms with Gasteiger partial charge < -0.3 is 0 Å². The van der Waals surface area contributed by atoms with Gasteiger partial charge in [-0.1, -0.05) is 30.3 Å². The summed E-state index contributed by atoms with van der Waals surface area (Å²) in [6, 6.07) is 19.3. The Bertz CT molecular complexity index is 1130. The van der Waals surface area contributed by atoms with Crippen LogP contribution in [0.25, 0.3) is 22.0 Å². The summed E-state index contributed by atoms with van der Waals surface area (Å²) >= 11 is 0. The van der Waals surface area contributed by atoms with E-state index in [0.717, 1.165) is 16.3 Å². The van der Waals surface area contributed by atoms with Crippen LogP contribution in [0.3, 0.4) is 0 Å². The molecule has 4 rings (SSSR count). The van der Waals surface area contributed by atoms with Gasteiger partial charge in [0.25, 0.3) is 5.91 Å². The van der Waals surface area contributed by atoms with Gasteiger partial charge in [0.2, 0.25) is 0 Å². The number of aromatic amines is 1. The first-order valence-electron chi connectivity index (χ1n) is 8.32. The number of H-pyrrole nitrogens is 1. The molecule has 1 heterocycles. The van der Waals surface area contributed by atoms with Gasteiger partial charge in [-0.15, -0.1) is 0 Å². The lowest BCUT2D eigenvalue weighted by molar-refractivity contribution is 0.0955. The molecule has 0 unspecified atom stereocenters. The van der Waals surface area contributed by atoms with Crippen LogP contribution in [0.4, 0.5) is 4.39 Å². The smallest absolute Gasteiger partial charge is 0.271 e. The number of hydrogen-bond acceptors (Lipinski definition) is 3. The van der Waals surface area contributed by atoms with E-state index in [4.69, 9.17) is 0 Å². The third-order valence-electron chi connectivity index (χ3n) is 4.18. The van der Waals surface area contributed by atoms with E-state index in [9.17, 15) is 9.18 Å². The van der Waals surface area contributed by atoms with Crippen LogP contribution in [0.5, 0.6) is 0 Å². The molecule has 0 radical (unpaired) electrons. The van der Waals surface area contributed by atoms with Gasteiger partial charge in [-0.2, -0.15) is 10.2 Å². The highest BCUT2D eigenvalue weighted by molar-refractivity contribution is 5.99. The van der Waals surface area contributed by atoms with Gasteiger partial charge in [-0.3, -0.25) is 9.89 Å². The Labute approximate surface area is 154 Å². The highest BCUT2D eigenvalue weighted by Gasteiger charge is 2.07. The molecule has 1 aromatic heterocycles. The molecule has 27 heavy (non-hydrogen) atoms. The Kier molecular flexibility index (Phi) is 4.45. The number of fused-ring (bicyclic) bond motifs is 1. The van der Waals surface area contributed by atoms with Crippen LogP contribution in [0.1, 0.15) is 15.9 Å². The summed E-state index contributed by atoms with van der Waals surface area (Å²) in [4.78, 5) is 12.3. The molecule has 4 aromatic rings. The lowest BCUT2D eigenvalue weighted by Crippen LogP contribution is -2.17. The van der Waals surface area contributed by atoms with Gasteiger partial charge in [-0.25, -0.2) is 9.82 Å². The number of nitrogens with zero attached hydrogens (tertiary/aromatic N) is 2. The Morgan fingerprint density at radius 2 is 1.81 bits per heavy atom. The average molecular weight is 358 g/mol. The summed E-state index contributed by atoms with van der Waals surface area (Å²) in [6.45, 7) is 0. The molecule has 1 amide bonds. The Morgan fingerprint density at radius 1 is 1.04 bits per heavy atom. The minimum atomic E-state index is -0.309. The van der Waals surface area contributed by atoms with Crippen molar-refractivity contribution < 1.29 is 9.18 Å². The number of aromatic nitrogens is 2. The molecule has 5 nitrogen and oxygen atoms in total. The first kappa shape index (κ1) is 16.7. The molecule has 0 aliphatic heterocycles. The lowest BCUT2D eigenvalue weighted by atomic mass is 10.1. The van der Waals surface area contributed by atoms with E-state index < -0.39 is 0 Å². The van der Waals surface area contributed by atoms with Crippen LogP contribution in [0.15, 0.2) is 78.0 Å². The third-order valence-corrected chi connectivity index (χ3v) is 4.18. The van der Waals surface area contributed by atoms with E-state index in [0.29, 0.717) is 16.8 Å². The maximum atomic E-state index is 13.1. The topological polar surface area (TPSA) is 70.1 Å². The highest BCUT2D eigenvalue weighted by atomic mass is 19.1. The fourth-order valence-corrected chi connectivity index (χ4v) is 2.80. The third kappa shape index (κ3) is 3.59. The summed E-state index contributed by atoms with van der Waals surface area (Å²) in [6.07, 6.45) is 3.09. The number of hydrogen-bond donors (Lipinski definition) is 2. The minimum absolute atomic E-state index is 0.302. The molecular formula is C21H15FN4O. The SMILES string of the molecule is O=C(N/N=C/c1cn[nH]c1-c1ccc(F)cc1)c1ccc2ccccc2c1. The van der Waals surface area contributed by atoms with Crippen LogP contribution in [-0.2, 0) is 0 Å². The monoisotopic (exact) mass is 358 g/mol. The zero-order chi connectivity index (χ0) is 18.6. The number of benzene rings is 3. The number of rotatable bonds is 4. The first-order valence-corrected chi connectivity index (χ1v) is 8.32. The summed E-state index contributed by atoms with van der Waals surface area (Å²) in [5.74, 6) is -0.611. The molecule has 132 valence electrons. The van der Waals surface area contributed by atoms with E-state index in [-0.39, 0.29) is 11.7 Å². The molecule has 0 fully saturated rings. The van der Waals surface area contributed by atoms with Gasteiger partial charge in [0.05, 0.1) is 18.1 Å². The molecule has 0 saturated carbocycles. The van der Waals surface area contributed by atoms with Gasteiger partial charge in [0.15, 0.2) is 0 Å². The van der Waals surface area contributed by atoms with Crippen molar-refractivity contribution in [1.82, 2.24) is 15.6 Å². The summed E-state index contributed by atoms with van der Waals surface area (Å²) in [5, 5.41) is 12.9. The molecule has 0 saturated heterocycles. The maximum absolute atomic E-state index is 13.1. The normalized spacial score (nSPS) is 11.1. The number of nitrogens with one attached hydrogen (secondary N) is 2. The van der Waals surface area contributed by atoms with Crippen LogP contribution >= 0.6 is 0 Å². The van der Waals surface area contributed by atoms with Gasteiger partial charge in [0, 0.05) is 16.7 Å². The predicted octanol–water partition coefficient (Wildman–Crippen LogP) is 4.13. The zero-order valence-corrected chi connectivity index (χ0v) is 14.2. The number of halogens is 1. The van der Waals surface area contributed by atoms with Crippen molar-refractivity contribution in [2.45, 2.75) is 0 Å². The van der Waals surface area contributed by atoms with Crippen molar-refractivity contribution in [3.8, 4) is 11.3 Å². The molecular weight excluding hydrogens is 343 g/mol. The number of hydrazone groups is 1. The maximum Gasteiger partial charge on any atom is 0.271 e. The Hall–Kier alpha value is -3.80. The Balaban J connectivity index is 1.50. The van der Waals surface area contributed by atoms with E-state index >= 15 is 0 Å². The van der Waals surface area contributed by atoms with E-state index in [1.54, 1.807) is 24.4 Å².